The molecule has 0 radical (unpaired) electrons. The Morgan fingerprint density at radius 1 is 1.47 bits per heavy atom. The fraction of sp³-hybridized carbons (Fsp3) is 0.308. The first kappa shape index (κ1) is 13.1. The van der Waals surface area contributed by atoms with Crippen LogP contribution in [0.2, 0.25) is 0 Å². The van der Waals surface area contributed by atoms with Gasteiger partial charge < -0.3 is 16.0 Å². The molecule has 2 aromatic rings. The van der Waals surface area contributed by atoms with Crippen LogP contribution in [-0.2, 0) is 6.42 Å². The van der Waals surface area contributed by atoms with Gasteiger partial charge in [0.05, 0.1) is 5.56 Å². The Morgan fingerprint density at radius 3 is 2.89 bits per heavy atom. The minimum Gasteiger partial charge on any atom is -0.369 e. The molecule has 100 valence electrons. The lowest BCUT2D eigenvalue weighted by Gasteiger charge is -2.11. The summed E-state index contributed by atoms with van der Waals surface area (Å²) in [6, 6.07) is 1.76. The number of pyridine rings is 1. The summed E-state index contributed by atoms with van der Waals surface area (Å²) in [6.07, 6.45) is 4.21. The number of aryl methyl sites for hydroxylation is 2. The van der Waals surface area contributed by atoms with E-state index in [0.29, 0.717) is 17.9 Å². The van der Waals surface area contributed by atoms with Gasteiger partial charge in [-0.1, -0.05) is 0 Å². The highest BCUT2D eigenvalue weighted by molar-refractivity contribution is 5.97. The lowest BCUT2D eigenvalue weighted by atomic mass is 10.1. The monoisotopic (exact) mass is 259 g/mol. The summed E-state index contributed by atoms with van der Waals surface area (Å²) < 4.78 is 0. The van der Waals surface area contributed by atoms with Crippen LogP contribution in [-0.4, -0.2) is 27.4 Å². The summed E-state index contributed by atoms with van der Waals surface area (Å²) in [5.41, 5.74) is 7.61. The number of aromatic nitrogens is 3. The zero-order valence-electron chi connectivity index (χ0n) is 11.0. The number of primary amides is 1. The molecule has 0 saturated carbocycles. The standard InChI is InChI=1S/C13H17N5O/c1-8-7-10(12(14)19)13(18-9(8)2)17-4-3-11-15-5-6-16-11/h5-7H,3-4H2,1-2H3,(H2,14,19)(H,15,16)(H,17,18). The molecular weight excluding hydrogens is 242 g/mol. The van der Waals surface area contributed by atoms with Crippen LogP contribution < -0.4 is 11.1 Å². The van der Waals surface area contributed by atoms with Gasteiger partial charge in [0.25, 0.3) is 5.91 Å². The summed E-state index contributed by atoms with van der Waals surface area (Å²) in [6.45, 7) is 4.43. The van der Waals surface area contributed by atoms with Crippen molar-refractivity contribution in [3.63, 3.8) is 0 Å². The van der Waals surface area contributed by atoms with Crippen molar-refractivity contribution in [3.8, 4) is 0 Å². The Bertz CT molecular complexity index is 577. The Balaban J connectivity index is 2.10. The first-order chi connectivity index (χ1) is 9.08. The van der Waals surface area contributed by atoms with E-state index in [-0.39, 0.29) is 0 Å². The summed E-state index contributed by atoms with van der Waals surface area (Å²) in [5, 5.41) is 3.13. The van der Waals surface area contributed by atoms with E-state index in [1.165, 1.54) is 0 Å². The van der Waals surface area contributed by atoms with Crippen molar-refractivity contribution in [1.82, 2.24) is 15.0 Å². The van der Waals surface area contributed by atoms with E-state index in [4.69, 9.17) is 5.73 Å². The third-order valence-electron chi connectivity index (χ3n) is 2.94. The van der Waals surface area contributed by atoms with Gasteiger partial charge in [-0.15, -0.1) is 0 Å². The number of H-pyrrole nitrogens is 1. The third kappa shape index (κ3) is 3.09. The third-order valence-corrected chi connectivity index (χ3v) is 2.94. The van der Waals surface area contributed by atoms with Crippen molar-refractivity contribution in [2.75, 3.05) is 11.9 Å². The molecule has 0 aliphatic rings. The average molecular weight is 259 g/mol. The molecule has 0 spiro atoms. The summed E-state index contributed by atoms with van der Waals surface area (Å²) in [5.74, 6) is 0.940. The molecule has 2 rings (SSSR count). The van der Waals surface area contributed by atoms with Gasteiger partial charge in [-0.25, -0.2) is 9.97 Å². The second kappa shape index (κ2) is 5.51. The highest BCUT2D eigenvalue weighted by Gasteiger charge is 2.11. The summed E-state index contributed by atoms with van der Waals surface area (Å²) in [7, 11) is 0. The summed E-state index contributed by atoms with van der Waals surface area (Å²) in [4.78, 5) is 22.9. The van der Waals surface area contributed by atoms with E-state index in [2.05, 4.69) is 20.3 Å². The van der Waals surface area contributed by atoms with Crippen LogP contribution in [0.3, 0.4) is 0 Å². The van der Waals surface area contributed by atoms with Crippen molar-refractivity contribution in [2.45, 2.75) is 20.3 Å². The number of nitrogens with two attached hydrogens (primary N) is 1. The largest absolute Gasteiger partial charge is 0.369 e. The number of hydrogen-bond donors (Lipinski definition) is 3. The van der Waals surface area contributed by atoms with Crippen LogP contribution >= 0.6 is 0 Å². The van der Waals surface area contributed by atoms with Crippen LogP contribution in [0, 0.1) is 13.8 Å². The van der Waals surface area contributed by atoms with Gasteiger partial charge in [0.1, 0.15) is 11.6 Å². The van der Waals surface area contributed by atoms with E-state index in [9.17, 15) is 4.79 Å². The number of amides is 1. The maximum absolute atomic E-state index is 11.4. The van der Waals surface area contributed by atoms with E-state index < -0.39 is 5.91 Å². The molecule has 0 aliphatic carbocycles. The predicted octanol–water partition coefficient (Wildman–Crippen LogP) is 1.18. The molecule has 0 bridgehead atoms. The number of nitrogens with zero attached hydrogens (tertiary/aromatic N) is 2. The normalized spacial score (nSPS) is 10.4. The zero-order chi connectivity index (χ0) is 13.8. The smallest absolute Gasteiger partial charge is 0.252 e. The minimum atomic E-state index is -0.476. The number of rotatable bonds is 5. The molecule has 2 aromatic heterocycles. The number of anilines is 1. The maximum Gasteiger partial charge on any atom is 0.252 e. The highest BCUT2D eigenvalue weighted by Crippen LogP contribution is 2.16. The molecule has 0 unspecified atom stereocenters. The molecule has 2 heterocycles. The molecule has 0 aromatic carbocycles. The van der Waals surface area contributed by atoms with Gasteiger partial charge in [-0.05, 0) is 25.5 Å². The Hall–Kier alpha value is -2.37. The lowest BCUT2D eigenvalue weighted by molar-refractivity contribution is 0.100. The van der Waals surface area contributed by atoms with E-state index >= 15 is 0 Å². The Kier molecular flexibility index (Phi) is 3.79. The molecule has 0 aliphatic heterocycles. The van der Waals surface area contributed by atoms with Gasteiger partial charge in [-0.2, -0.15) is 0 Å². The number of aromatic amines is 1. The van der Waals surface area contributed by atoms with Crippen LogP contribution in [0.5, 0.6) is 0 Å². The van der Waals surface area contributed by atoms with E-state index in [1.54, 1.807) is 18.5 Å². The first-order valence-electron chi connectivity index (χ1n) is 6.08. The number of carbonyl (C=O) groups is 1. The minimum absolute atomic E-state index is 0.419. The van der Waals surface area contributed by atoms with Gasteiger partial charge >= 0.3 is 0 Å². The van der Waals surface area contributed by atoms with Crippen LogP contribution in [0.25, 0.3) is 0 Å². The van der Waals surface area contributed by atoms with Crippen molar-refractivity contribution < 1.29 is 4.79 Å². The number of nitrogens with one attached hydrogen (secondary N) is 2. The zero-order valence-corrected chi connectivity index (χ0v) is 11.0. The van der Waals surface area contributed by atoms with Gasteiger partial charge in [0, 0.05) is 31.1 Å². The molecule has 1 amide bonds. The van der Waals surface area contributed by atoms with Crippen LogP contribution in [0.4, 0.5) is 5.82 Å². The molecule has 0 saturated heterocycles. The maximum atomic E-state index is 11.4. The molecular formula is C13H17N5O. The fourth-order valence-corrected chi connectivity index (χ4v) is 1.76. The summed E-state index contributed by atoms with van der Waals surface area (Å²) >= 11 is 0. The second-order valence-electron chi connectivity index (χ2n) is 4.36. The van der Waals surface area contributed by atoms with Gasteiger partial charge in [0.2, 0.25) is 0 Å². The Labute approximate surface area is 111 Å². The number of hydrogen-bond acceptors (Lipinski definition) is 4. The van der Waals surface area contributed by atoms with Crippen LogP contribution in [0.15, 0.2) is 18.5 Å². The first-order valence-corrected chi connectivity index (χ1v) is 6.08. The molecule has 6 heteroatoms. The van der Waals surface area contributed by atoms with E-state index in [1.807, 2.05) is 13.8 Å². The van der Waals surface area contributed by atoms with Crippen LogP contribution in [0.1, 0.15) is 27.4 Å². The fourth-order valence-electron chi connectivity index (χ4n) is 1.76. The van der Waals surface area contributed by atoms with Crippen molar-refractivity contribution in [3.05, 3.63) is 41.1 Å². The van der Waals surface area contributed by atoms with Crippen molar-refractivity contribution >= 4 is 11.7 Å². The highest BCUT2D eigenvalue weighted by atomic mass is 16.1. The number of imidazole rings is 1. The molecule has 6 nitrogen and oxygen atoms in total. The quantitative estimate of drug-likeness (QED) is 0.751. The Morgan fingerprint density at radius 2 is 2.26 bits per heavy atom. The van der Waals surface area contributed by atoms with Gasteiger partial charge in [-0.3, -0.25) is 4.79 Å². The van der Waals surface area contributed by atoms with Crippen molar-refractivity contribution in [1.29, 1.82) is 0 Å². The second-order valence-corrected chi connectivity index (χ2v) is 4.36. The predicted molar refractivity (Wildman–Crippen MR) is 73.0 cm³/mol. The molecule has 19 heavy (non-hydrogen) atoms. The topological polar surface area (TPSA) is 96.7 Å². The van der Waals surface area contributed by atoms with Gasteiger partial charge in [0.15, 0.2) is 0 Å². The SMILES string of the molecule is Cc1cc(C(N)=O)c(NCCc2ncc[nH]2)nc1C. The van der Waals surface area contributed by atoms with Crippen molar-refractivity contribution in [2.24, 2.45) is 5.73 Å². The molecule has 0 fully saturated rings. The average Bonchev–Trinajstić information content (AvgIpc) is 2.86. The van der Waals surface area contributed by atoms with E-state index in [0.717, 1.165) is 23.5 Å². The molecule has 0 atom stereocenters. The lowest BCUT2D eigenvalue weighted by Crippen LogP contribution is -2.18. The molecule has 4 N–H and O–H groups in total. The number of carbonyl (C=O) groups excluding carboxylic acids is 1.